The highest BCUT2D eigenvalue weighted by molar-refractivity contribution is 14.1. The molecular weight excluding hydrogens is 557 g/mol. The quantitative estimate of drug-likeness (QED) is 0.145. The molecule has 0 saturated carbocycles. The van der Waals surface area contributed by atoms with Crippen molar-refractivity contribution in [3.63, 3.8) is 0 Å². The second-order valence-corrected chi connectivity index (χ2v) is 9.86. The van der Waals surface area contributed by atoms with E-state index in [1.165, 1.54) is 25.3 Å². The zero-order valence-corrected chi connectivity index (χ0v) is 20.5. The number of nitrogens with zero attached hydrogens (tertiary/aromatic N) is 2. The maximum absolute atomic E-state index is 13.2. The van der Waals surface area contributed by atoms with Crippen molar-refractivity contribution in [2.75, 3.05) is 10.8 Å². The molecule has 10 heteroatoms. The summed E-state index contributed by atoms with van der Waals surface area (Å²) < 4.78 is 33.4. The van der Waals surface area contributed by atoms with Gasteiger partial charge in [0.1, 0.15) is 12.3 Å². The molecule has 1 N–H and O–H groups in total. The first-order chi connectivity index (χ1) is 15.8. The molecule has 170 valence electrons. The molecule has 0 aromatic heterocycles. The highest BCUT2D eigenvalue weighted by Gasteiger charge is 2.27. The minimum atomic E-state index is -3.98. The molecule has 0 unspecified atom stereocenters. The zero-order valence-electron chi connectivity index (χ0n) is 17.5. The van der Waals surface area contributed by atoms with E-state index >= 15 is 0 Å². The topological polar surface area (TPSA) is 105 Å². The smallest absolute Gasteiger partial charge is 0.308 e. The van der Waals surface area contributed by atoms with Crippen LogP contribution in [0.4, 0.5) is 5.69 Å². The molecule has 3 aromatic rings. The molecule has 0 saturated heterocycles. The van der Waals surface area contributed by atoms with Gasteiger partial charge in [0, 0.05) is 10.5 Å². The number of carbonyl (C=O) groups excluding carboxylic acids is 2. The lowest BCUT2D eigenvalue weighted by Crippen LogP contribution is -2.39. The average molecular weight is 577 g/mol. The lowest BCUT2D eigenvalue weighted by atomic mass is 10.2. The van der Waals surface area contributed by atoms with Crippen LogP contribution in [0.1, 0.15) is 12.5 Å². The van der Waals surface area contributed by atoms with Crippen LogP contribution in [0.3, 0.4) is 0 Å². The van der Waals surface area contributed by atoms with Crippen molar-refractivity contribution in [2.45, 2.75) is 11.8 Å². The molecule has 0 heterocycles. The molecule has 0 spiro atoms. The minimum absolute atomic E-state index is 0.0766. The van der Waals surface area contributed by atoms with E-state index in [1.807, 2.05) is 0 Å². The van der Waals surface area contributed by atoms with Crippen molar-refractivity contribution in [1.29, 1.82) is 0 Å². The monoisotopic (exact) mass is 577 g/mol. The summed E-state index contributed by atoms with van der Waals surface area (Å²) >= 11 is 2.12. The third-order valence-corrected chi connectivity index (χ3v) is 6.78. The van der Waals surface area contributed by atoms with E-state index in [4.69, 9.17) is 4.74 Å². The Hall–Kier alpha value is -3.25. The van der Waals surface area contributed by atoms with E-state index in [-0.39, 0.29) is 4.90 Å². The molecule has 0 atom stereocenters. The van der Waals surface area contributed by atoms with Gasteiger partial charge in [-0.05, 0) is 88.8 Å². The average Bonchev–Trinajstić information content (AvgIpc) is 2.79. The number of carbonyl (C=O) groups is 2. The molecule has 1 amide bonds. The summed E-state index contributed by atoms with van der Waals surface area (Å²) in [6.07, 6.45) is 1.40. The van der Waals surface area contributed by atoms with E-state index in [0.29, 0.717) is 17.0 Å². The van der Waals surface area contributed by atoms with Gasteiger partial charge in [0.2, 0.25) is 0 Å². The van der Waals surface area contributed by atoms with E-state index in [2.05, 4.69) is 33.1 Å². The van der Waals surface area contributed by atoms with Crippen molar-refractivity contribution >= 4 is 56.4 Å². The Morgan fingerprint density at radius 1 is 1.00 bits per heavy atom. The van der Waals surface area contributed by atoms with E-state index in [0.717, 1.165) is 7.88 Å². The van der Waals surface area contributed by atoms with Gasteiger partial charge in [-0.1, -0.05) is 18.2 Å². The van der Waals surface area contributed by atoms with Crippen LogP contribution in [-0.2, 0) is 19.6 Å². The Kier molecular flexibility index (Phi) is 8.17. The molecule has 8 nitrogen and oxygen atoms in total. The number of halogens is 1. The fraction of sp³-hybridized carbons (Fsp3) is 0.0870. The molecule has 33 heavy (non-hydrogen) atoms. The van der Waals surface area contributed by atoms with Gasteiger partial charge in [0.15, 0.2) is 0 Å². The van der Waals surface area contributed by atoms with Crippen LogP contribution in [-0.4, -0.2) is 33.1 Å². The van der Waals surface area contributed by atoms with Crippen LogP contribution < -0.4 is 14.5 Å². The SMILES string of the molecule is CC(=O)Oc1ccc(/C=N\NC(=O)CN(c2ccc(I)cc2)S(=O)(=O)c2ccccc2)cc1. The van der Waals surface area contributed by atoms with Crippen molar-refractivity contribution in [1.82, 2.24) is 5.43 Å². The number of esters is 1. The predicted molar refractivity (Wildman–Crippen MR) is 134 cm³/mol. The Balaban J connectivity index is 1.74. The summed E-state index contributed by atoms with van der Waals surface area (Å²) in [5.41, 5.74) is 3.36. The minimum Gasteiger partial charge on any atom is -0.427 e. The van der Waals surface area contributed by atoms with E-state index in [1.54, 1.807) is 66.7 Å². The summed E-state index contributed by atoms with van der Waals surface area (Å²) in [7, 11) is -3.98. The zero-order chi connectivity index (χ0) is 23.8. The van der Waals surface area contributed by atoms with Gasteiger partial charge in [-0.15, -0.1) is 0 Å². The number of amides is 1. The molecule has 3 aromatic carbocycles. The highest BCUT2D eigenvalue weighted by Crippen LogP contribution is 2.24. The van der Waals surface area contributed by atoms with Gasteiger partial charge in [-0.25, -0.2) is 13.8 Å². The largest absolute Gasteiger partial charge is 0.427 e. The lowest BCUT2D eigenvalue weighted by molar-refractivity contribution is -0.131. The summed E-state index contributed by atoms with van der Waals surface area (Å²) in [5, 5.41) is 3.89. The van der Waals surface area contributed by atoms with Crippen LogP contribution in [0.15, 0.2) is 88.9 Å². The molecule has 3 rings (SSSR count). The first-order valence-corrected chi connectivity index (χ1v) is 12.2. The van der Waals surface area contributed by atoms with Crippen molar-refractivity contribution in [2.24, 2.45) is 5.10 Å². The maximum Gasteiger partial charge on any atom is 0.308 e. The van der Waals surface area contributed by atoms with E-state index in [9.17, 15) is 18.0 Å². The maximum atomic E-state index is 13.2. The number of sulfonamides is 1. The van der Waals surface area contributed by atoms with Crippen molar-refractivity contribution in [3.8, 4) is 5.75 Å². The first-order valence-electron chi connectivity index (χ1n) is 9.69. The molecule has 0 fully saturated rings. The molecule has 0 radical (unpaired) electrons. The second-order valence-electron chi connectivity index (χ2n) is 6.76. The Labute approximate surface area is 205 Å². The fourth-order valence-electron chi connectivity index (χ4n) is 2.77. The second kappa shape index (κ2) is 11.1. The van der Waals surface area contributed by atoms with Crippen LogP contribution in [0.5, 0.6) is 5.75 Å². The number of hydrogen-bond acceptors (Lipinski definition) is 6. The number of hydrogen-bond donors (Lipinski definition) is 1. The number of hydrazone groups is 1. The summed E-state index contributed by atoms with van der Waals surface area (Å²) in [4.78, 5) is 23.6. The fourth-order valence-corrected chi connectivity index (χ4v) is 4.58. The summed E-state index contributed by atoms with van der Waals surface area (Å²) in [5.74, 6) is -0.643. The van der Waals surface area contributed by atoms with E-state index < -0.39 is 28.4 Å². The number of benzene rings is 3. The van der Waals surface area contributed by atoms with Crippen LogP contribution in [0.2, 0.25) is 0 Å². The van der Waals surface area contributed by atoms with Gasteiger partial charge < -0.3 is 4.74 Å². The Morgan fingerprint density at radius 2 is 1.64 bits per heavy atom. The molecule has 0 bridgehead atoms. The number of nitrogens with one attached hydrogen (secondary N) is 1. The van der Waals surface area contributed by atoms with Gasteiger partial charge >= 0.3 is 5.97 Å². The third kappa shape index (κ3) is 6.86. The first kappa shape index (κ1) is 24.4. The molecule has 0 aliphatic rings. The summed E-state index contributed by atoms with van der Waals surface area (Å²) in [6.45, 7) is 0.850. The van der Waals surface area contributed by atoms with Crippen LogP contribution in [0.25, 0.3) is 0 Å². The Morgan fingerprint density at radius 3 is 2.24 bits per heavy atom. The van der Waals surface area contributed by atoms with Crippen molar-refractivity contribution in [3.05, 3.63) is 88.0 Å². The Bertz CT molecular complexity index is 1250. The summed E-state index contributed by atoms with van der Waals surface area (Å²) in [6, 6.07) is 21.2. The number of anilines is 1. The normalized spacial score (nSPS) is 11.2. The van der Waals surface area contributed by atoms with Gasteiger partial charge in [0.25, 0.3) is 15.9 Å². The standard InChI is InChI=1S/C23H20IN3O5S/c1-17(28)32-21-13-7-18(8-14-21)15-25-26-23(29)16-27(20-11-9-19(24)10-12-20)33(30,31)22-5-3-2-4-6-22/h2-15H,16H2,1H3,(H,26,29)/b25-15-. The van der Waals surface area contributed by atoms with Crippen molar-refractivity contribution < 1.29 is 22.7 Å². The number of ether oxygens (including phenoxy) is 1. The third-order valence-electron chi connectivity index (χ3n) is 4.28. The lowest BCUT2D eigenvalue weighted by Gasteiger charge is -2.23. The van der Waals surface area contributed by atoms with Crippen LogP contribution in [0, 0.1) is 3.57 Å². The molecule has 0 aliphatic heterocycles. The van der Waals surface area contributed by atoms with Gasteiger partial charge in [0.05, 0.1) is 16.8 Å². The van der Waals surface area contributed by atoms with Gasteiger partial charge in [-0.2, -0.15) is 5.10 Å². The molecule has 0 aliphatic carbocycles. The molecular formula is C23H20IN3O5S. The number of rotatable bonds is 8. The van der Waals surface area contributed by atoms with Gasteiger partial charge in [-0.3, -0.25) is 13.9 Å². The predicted octanol–water partition coefficient (Wildman–Crippen LogP) is 3.56. The van der Waals surface area contributed by atoms with Crippen LogP contribution >= 0.6 is 22.6 Å². The highest BCUT2D eigenvalue weighted by atomic mass is 127.